The number of piperazine rings is 1. The van der Waals surface area contributed by atoms with Crippen molar-refractivity contribution < 1.29 is 18.0 Å². The molecule has 2 fully saturated rings. The van der Waals surface area contributed by atoms with Crippen LogP contribution in [0.5, 0.6) is 0 Å². The predicted octanol–water partition coefficient (Wildman–Crippen LogP) is 1.63. The molecule has 0 aromatic carbocycles. The molecule has 2 aliphatic heterocycles. The van der Waals surface area contributed by atoms with Crippen LogP contribution in [0.15, 0.2) is 0 Å². The van der Waals surface area contributed by atoms with Gasteiger partial charge in [-0.3, -0.25) is 9.69 Å². The molecule has 4 nitrogen and oxygen atoms in total. The van der Waals surface area contributed by atoms with Crippen molar-refractivity contribution in [3.63, 3.8) is 0 Å². The van der Waals surface area contributed by atoms with Gasteiger partial charge in [-0.25, -0.2) is 0 Å². The van der Waals surface area contributed by atoms with E-state index in [1.54, 1.807) is 4.90 Å². The molecule has 0 aromatic heterocycles. The summed E-state index contributed by atoms with van der Waals surface area (Å²) in [5.74, 6) is 2.05. The smallest absolute Gasteiger partial charge is 0.340 e. The summed E-state index contributed by atoms with van der Waals surface area (Å²) in [5, 5.41) is 3.30. The lowest BCUT2D eigenvalue weighted by atomic mass is 10.2. The summed E-state index contributed by atoms with van der Waals surface area (Å²) < 4.78 is 36.8. The Balaban J connectivity index is 0.00000220. The maximum absolute atomic E-state index is 12.3. The number of alkyl halides is 3. The first-order valence-corrected chi connectivity index (χ1v) is 7.97. The van der Waals surface area contributed by atoms with Crippen molar-refractivity contribution in [1.82, 2.24) is 15.1 Å². The van der Waals surface area contributed by atoms with Crippen LogP contribution in [0.1, 0.15) is 6.42 Å². The van der Waals surface area contributed by atoms with Crippen molar-refractivity contribution in [2.45, 2.75) is 18.6 Å². The van der Waals surface area contributed by atoms with Crippen molar-refractivity contribution in [2.24, 2.45) is 0 Å². The van der Waals surface area contributed by atoms with Crippen LogP contribution in [0.25, 0.3) is 0 Å². The minimum absolute atomic E-state index is 0. The quantitative estimate of drug-likeness (QED) is 0.803. The van der Waals surface area contributed by atoms with Crippen molar-refractivity contribution in [3.05, 3.63) is 0 Å². The van der Waals surface area contributed by atoms with Gasteiger partial charge in [-0.1, -0.05) is 0 Å². The molecule has 0 aliphatic carbocycles. The van der Waals surface area contributed by atoms with Crippen LogP contribution < -0.4 is 5.32 Å². The number of nitrogens with zero attached hydrogens (tertiary/aromatic N) is 2. The molecule has 0 bridgehead atoms. The molecular weight excluding hydrogens is 362 g/mol. The Bertz CT molecular complexity index is 336. The summed E-state index contributed by atoms with van der Waals surface area (Å²) in [6.07, 6.45) is -3.71. The van der Waals surface area contributed by atoms with Crippen LogP contribution in [0.4, 0.5) is 13.2 Å². The van der Waals surface area contributed by atoms with Gasteiger partial charge in [-0.15, -0.1) is 24.8 Å². The Hall–Kier alpha value is 0.110. The lowest BCUT2D eigenvalue weighted by molar-refractivity contribution is -0.151. The number of halogens is 5. The third kappa shape index (κ3) is 7.59. The fraction of sp³-hybridized carbons (Fsp3) is 0.917. The van der Waals surface area contributed by atoms with E-state index in [4.69, 9.17) is 0 Å². The minimum Gasteiger partial charge on any atom is -0.340 e. The van der Waals surface area contributed by atoms with Gasteiger partial charge < -0.3 is 10.2 Å². The lowest BCUT2D eigenvalue weighted by Crippen LogP contribution is -2.52. The monoisotopic (exact) mass is 383 g/mol. The highest BCUT2D eigenvalue weighted by molar-refractivity contribution is 7.99. The molecule has 1 atom stereocenters. The average Bonchev–Trinajstić information content (AvgIpc) is 2.39. The molecule has 2 aliphatic rings. The number of rotatable bonds is 3. The zero-order chi connectivity index (χ0) is 14.6. The van der Waals surface area contributed by atoms with Crippen LogP contribution >= 0.6 is 36.6 Å². The first-order chi connectivity index (χ1) is 9.44. The van der Waals surface area contributed by atoms with E-state index in [9.17, 15) is 18.0 Å². The number of thioether (sulfide) groups is 1. The molecule has 10 heteroatoms. The van der Waals surface area contributed by atoms with Crippen LogP contribution in [-0.4, -0.2) is 78.7 Å². The zero-order valence-corrected chi connectivity index (χ0v) is 14.6. The van der Waals surface area contributed by atoms with Crippen LogP contribution in [0.2, 0.25) is 0 Å². The Morgan fingerprint density at radius 2 is 1.82 bits per heavy atom. The highest BCUT2D eigenvalue weighted by Gasteiger charge is 2.33. The van der Waals surface area contributed by atoms with E-state index in [2.05, 4.69) is 5.32 Å². The number of carbonyl (C=O) groups excluding carboxylic acids is 1. The molecular formula is C12H22Cl2F3N3OS. The van der Waals surface area contributed by atoms with Gasteiger partial charge in [0.25, 0.3) is 0 Å². The molecule has 1 N–H and O–H groups in total. The van der Waals surface area contributed by atoms with E-state index < -0.39 is 12.7 Å². The second-order valence-electron chi connectivity index (χ2n) is 5.20. The molecule has 0 saturated carbocycles. The first-order valence-electron chi connectivity index (χ1n) is 6.82. The fourth-order valence-corrected chi connectivity index (χ4v) is 3.45. The van der Waals surface area contributed by atoms with E-state index in [0.29, 0.717) is 32.6 Å². The van der Waals surface area contributed by atoms with E-state index in [1.807, 2.05) is 11.8 Å². The summed E-state index contributed by atoms with van der Waals surface area (Å²) in [5.41, 5.74) is 0. The van der Waals surface area contributed by atoms with E-state index >= 15 is 0 Å². The van der Waals surface area contributed by atoms with Crippen molar-refractivity contribution in [2.75, 3.05) is 50.8 Å². The van der Waals surface area contributed by atoms with Crippen LogP contribution in [-0.2, 0) is 4.79 Å². The Kier molecular flexibility index (Phi) is 10.1. The summed E-state index contributed by atoms with van der Waals surface area (Å²) in [7, 11) is 0. The van der Waals surface area contributed by atoms with Gasteiger partial charge in [-0.2, -0.15) is 24.9 Å². The molecule has 2 saturated heterocycles. The topological polar surface area (TPSA) is 35.6 Å². The first kappa shape index (κ1) is 22.1. The Morgan fingerprint density at radius 1 is 1.18 bits per heavy atom. The van der Waals surface area contributed by atoms with Gasteiger partial charge in [0.1, 0.15) is 0 Å². The minimum atomic E-state index is -4.16. The van der Waals surface area contributed by atoms with Gasteiger partial charge in [0.2, 0.25) is 5.91 Å². The third-order valence-electron chi connectivity index (χ3n) is 3.55. The van der Waals surface area contributed by atoms with Gasteiger partial charge in [0.05, 0.1) is 6.54 Å². The van der Waals surface area contributed by atoms with Crippen molar-refractivity contribution in [1.29, 1.82) is 0 Å². The lowest BCUT2D eigenvalue weighted by Gasteiger charge is -2.36. The molecule has 0 radical (unpaired) electrons. The summed E-state index contributed by atoms with van der Waals surface area (Å²) in [6.45, 7) is 1.44. The molecule has 0 spiro atoms. The summed E-state index contributed by atoms with van der Waals surface area (Å²) in [4.78, 5) is 15.1. The zero-order valence-electron chi connectivity index (χ0n) is 12.1. The maximum atomic E-state index is 12.3. The molecule has 2 heterocycles. The van der Waals surface area contributed by atoms with E-state index in [1.165, 1.54) is 4.90 Å². The third-order valence-corrected chi connectivity index (χ3v) is 4.68. The van der Waals surface area contributed by atoms with Crippen LogP contribution in [0, 0.1) is 0 Å². The molecule has 2 rings (SSSR count). The summed E-state index contributed by atoms with van der Waals surface area (Å²) >= 11 is 1.83. The number of carbonyl (C=O) groups is 1. The normalized spacial score (nSPS) is 23.4. The molecule has 0 aromatic rings. The van der Waals surface area contributed by atoms with Gasteiger partial charge >= 0.3 is 6.18 Å². The largest absolute Gasteiger partial charge is 0.401 e. The standard InChI is InChI=1S/C12H20F3N3OS.2ClH/c13-12(14,15)9-17-2-4-18(5-3-17)11(19)7-10-8-20-6-1-16-10;;/h10,16H,1-9H2;2*1H. The highest BCUT2D eigenvalue weighted by Crippen LogP contribution is 2.18. The maximum Gasteiger partial charge on any atom is 0.401 e. The number of hydrogen-bond acceptors (Lipinski definition) is 4. The molecule has 1 unspecified atom stereocenters. The number of amides is 1. The fourth-order valence-electron chi connectivity index (χ4n) is 2.50. The van der Waals surface area contributed by atoms with Crippen molar-refractivity contribution in [3.8, 4) is 0 Å². The van der Waals surface area contributed by atoms with Gasteiger partial charge in [-0.05, 0) is 0 Å². The molecule has 132 valence electrons. The van der Waals surface area contributed by atoms with E-state index in [0.717, 1.165) is 18.1 Å². The van der Waals surface area contributed by atoms with E-state index in [-0.39, 0.29) is 36.8 Å². The highest BCUT2D eigenvalue weighted by atomic mass is 35.5. The molecule has 1 amide bonds. The predicted molar refractivity (Wildman–Crippen MR) is 87.3 cm³/mol. The summed E-state index contributed by atoms with van der Waals surface area (Å²) in [6, 6.07) is 0.203. The van der Waals surface area contributed by atoms with Crippen LogP contribution in [0.3, 0.4) is 0 Å². The number of nitrogens with one attached hydrogen (secondary N) is 1. The Labute approximate surface area is 145 Å². The van der Waals surface area contributed by atoms with Gasteiger partial charge in [0.15, 0.2) is 0 Å². The number of hydrogen-bond donors (Lipinski definition) is 1. The second kappa shape index (κ2) is 10.1. The second-order valence-corrected chi connectivity index (χ2v) is 6.35. The average molecular weight is 384 g/mol. The Morgan fingerprint density at radius 3 is 2.32 bits per heavy atom. The molecule has 22 heavy (non-hydrogen) atoms. The SMILES string of the molecule is Cl.Cl.O=C(CC1CSCCN1)N1CCN(CC(F)(F)F)CC1. The van der Waals surface area contributed by atoms with Crippen molar-refractivity contribution >= 4 is 42.5 Å². The van der Waals surface area contributed by atoms with Gasteiger partial charge in [0, 0.05) is 56.7 Å².